The first-order valence-corrected chi connectivity index (χ1v) is 6.80. The zero-order valence-electron chi connectivity index (χ0n) is 11.7. The smallest absolute Gasteiger partial charge is 0.145 e. The highest BCUT2D eigenvalue weighted by Crippen LogP contribution is 2.26. The summed E-state index contributed by atoms with van der Waals surface area (Å²) in [7, 11) is 0. The molecule has 0 saturated heterocycles. The molecular weight excluding hydrogens is 246 g/mol. The van der Waals surface area contributed by atoms with Crippen LogP contribution in [0.15, 0.2) is 59.9 Å². The summed E-state index contributed by atoms with van der Waals surface area (Å²) in [6.07, 6.45) is 5.62. The van der Waals surface area contributed by atoms with Gasteiger partial charge in [0.05, 0.1) is 5.69 Å². The van der Waals surface area contributed by atoms with Crippen molar-refractivity contribution in [2.24, 2.45) is 4.99 Å². The van der Waals surface area contributed by atoms with Crippen molar-refractivity contribution >= 4 is 23.1 Å². The number of fused-ring (bicyclic) bond motifs is 1. The minimum absolute atomic E-state index is 0.461. The van der Waals surface area contributed by atoms with Crippen LogP contribution in [0.25, 0.3) is 11.0 Å². The lowest BCUT2D eigenvalue weighted by Gasteiger charge is -2.08. The Bertz CT molecular complexity index is 754. The van der Waals surface area contributed by atoms with E-state index in [4.69, 9.17) is 0 Å². The molecule has 0 bridgehead atoms. The average molecular weight is 263 g/mol. The monoisotopic (exact) mass is 263 g/mol. The van der Waals surface area contributed by atoms with E-state index in [0.717, 1.165) is 16.7 Å². The summed E-state index contributed by atoms with van der Waals surface area (Å²) in [6, 6.07) is 14.3. The molecule has 0 aliphatic heterocycles. The zero-order valence-corrected chi connectivity index (χ0v) is 11.7. The first kappa shape index (κ1) is 12.6. The van der Waals surface area contributed by atoms with Crippen LogP contribution in [0.5, 0.6) is 0 Å². The number of aliphatic imine (C=N–C) groups is 1. The minimum atomic E-state index is 0.461. The number of rotatable bonds is 3. The maximum absolute atomic E-state index is 4.62. The summed E-state index contributed by atoms with van der Waals surface area (Å²) in [5.74, 6) is 0.461. The van der Waals surface area contributed by atoms with Crippen LogP contribution in [0, 0.1) is 0 Å². The predicted molar refractivity (Wildman–Crippen MR) is 83.8 cm³/mol. The Morgan fingerprint density at radius 1 is 1.10 bits per heavy atom. The third-order valence-electron chi connectivity index (χ3n) is 3.36. The van der Waals surface area contributed by atoms with Crippen LogP contribution >= 0.6 is 0 Å². The van der Waals surface area contributed by atoms with E-state index >= 15 is 0 Å². The molecule has 0 amide bonds. The molecule has 2 heterocycles. The molecule has 0 aliphatic rings. The van der Waals surface area contributed by atoms with Crippen LogP contribution in [-0.2, 0) is 0 Å². The van der Waals surface area contributed by atoms with Crippen molar-refractivity contribution in [2.75, 3.05) is 0 Å². The number of aromatic nitrogens is 2. The van der Waals surface area contributed by atoms with Gasteiger partial charge in [0.1, 0.15) is 12.0 Å². The number of para-hydroxylation sites is 1. The van der Waals surface area contributed by atoms with Crippen molar-refractivity contribution < 1.29 is 0 Å². The van der Waals surface area contributed by atoms with Gasteiger partial charge in [-0.3, -0.25) is 4.57 Å². The second-order valence-electron chi connectivity index (χ2n) is 5.10. The SMILES string of the molecule is CC(C)c1ccccc1N=Cn1ccc2cccnc21. The fourth-order valence-electron chi connectivity index (χ4n) is 2.30. The van der Waals surface area contributed by atoms with Crippen molar-refractivity contribution in [3.8, 4) is 0 Å². The summed E-state index contributed by atoms with van der Waals surface area (Å²) in [4.78, 5) is 9.00. The third kappa shape index (κ3) is 2.35. The lowest BCUT2D eigenvalue weighted by atomic mass is 10.0. The van der Waals surface area contributed by atoms with Crippen LogP contribution in [0.3, 0.4) is 0 Å². The maximum atomic E-state index is 4.62. The van der Waals surface area contributed by atoms with Crippen molar-refractivity contribution in [3.63, 3.8) is 0 Å². The largest absolute Gasteiger partial charge is 0.292 e. The quantitative estimate of drug-likeness (QED) is 0.510. The Kier molecular flexibility index (Phi) is 3.33. The molecule has 0 unspecified atom stereocenters. The molecule has 3 aromatic rings. The first-order chi connectivity index (χ1) is 9.75. The highest BCUT2D eigenvalue weighted by molar-refractivity contribution is 5.83. The standard InChI is InChI=1S/C17H17N3/c1-13(2)15-7-3-4-8-16(15)19-12-20-11-9-14-6-5-10-18-17(14)20/h3-13H,1-2H3. The van der Waals surface area contributed by atoms with E-state index in [0.29, 0.717) is 5.92 Å². The van der Waals surface area contributed by atoms with Gasteiger partial charge in [0.2, 0.25) is 0 Å². The molecule has 0 N–H and O–H groups in total. The molecule has 0 fully saturated rings. The van der Waals surface area contributed by atoms with E-state index in [1.165, 1.54) is 5.56 Å². The normalized spacial score (nSPS) is 11.8. The summed E-state index contributed by atoms with van der Waals surface area (Å²) in [5, 5.41) is 1.12. The topological polar surface area (TPSA) is 30.2 Å². The van der Waals surface area contributed by atoms with E-state index in [-0.39, 0.29) is 0 Å². The Labute approximate surface area is 118 Å². The predicted octanol–water partition coefficient (Wildman–Crippen LogP) is 4.37. The molecule has 20 heavy (non-hydrogen) atoms. The van der Waals surface area contributed by atoms with Gasteiger partial charge in [0.15, 0.2) is 0 Å². The molecule has 0 radical (unpaired) electrons. The van der Waals surface area contributed by atoms with E-state index in [1.54, 1.807) is 6.20 Å². The lowest BCUT2D eigenvalue weighted by molar-refractivity contribution is 0.867. The highest BCUT2D eigenvalue weighted by atomic mass is 15.1. The van der Waals surface area contributed by atoms with Gasteiger partial charge in [-0.2, -0.15) is 0 Å². The van der Waals surface area contributed by atoms with Gasteiger partial charge in [0, 0.05) is 17.8 Å². The van der Waals surface area contributed by atoms with Gasteiger partial charge in [-0.05, 0) is 35.7 Å². The van der Waals surface area contributed by atoms with Gasteiger partial charge in [0.25, 0.3) is 0 Å². The summed E-state index contributed by atoms with van der Waals surface area (Å²) in [5.41, 5.74) is 3.20. The fraction of sp³-hybridized carbons (Fsp3) is 0.176. The van der Waals surface area contributed by atoms with E-state index in [9.17, 15) is 0 Å². The lowest BCUT2D eigenvalue weighted by Crippen LogP contribution is -1.95. The van der Waals surface area contributed by atoms with E-state index in [1.807, 2.05) is 41.4 Å². The minimum Gasteiger partial charge on any atom is -0.292 e. The second kappa shape index (κ2) is 5.29. The van der Waals surface area contributed by atoms with Gasteiger partial charge < -0.3 is 0 Å². The molecule has 3 rings (SSSR count). The maximum Gasteiger partial charge on any atom is 0.145 e. The molecule has 0 aliphatic carbocycles. The highest BCUT2D eigenvalue weighted by Gasteiger charge is 2.04. The van der Waals surface area contributed by atoms with Crippen LogP contribution < -0.4 is 0 Å². The molecule has 3 heteroatoms. The summed E-state index contributed by atoms with van der Waals surface area (Å²) in [6.45, 7) is 4.36. The molecule has 0 spiro atoms. The van der Waals surface area contributed by atoms with E-state index in [2.05, 4.69) is 42.0 Å². The Hall–Kier alpha value is -2.42. The van der Waals surface area contributed by atoms with Crippen molar-refractivity contribution in [1.29, 1.82) is 0 Å². The van der Waals surface area contributed by atoms with Crippen molar-refractivity contribution in [3.05, 3.63) is 60.4 Å². The number of hydrogen-bond acceptors (Lipinski definition) is 2. The van der Waals surface area contributed by atoms with Gasteiger partial charge in [-0.1, -0.05) is 32.0 Å². The first-order valence-electron chi connectivity index (χ1n) is 6.80. The number of nitrogens with zero attached hydrogens (tertiary/aromatic N) is 3. The van der Waals surface area contributed by atoms with Crippen LogP contribution in [0.1, 0.15) is 25.3 Å². The molecule has 0 saturated carbocycles. The molecule has 1 aromatic carbocycles. The number of benzene rings is 1. The third-order valence-corrected chi connectivity index (χ3v) is 3.36. The fourth-order valence-corrected chi connectivity index (χ4v) is 2.30. The second-order valence-corrected chi connectivity index (χ2v) is 5.10. The van der Waals surface area contributed by atoms with E-state index < -0.39 is 0 Å². The average Bonchev–Trinajstić information content (AvgIpc) is 2.88. The van der Waals surface area contributed by atoms with Crippen molar-refractivity contribution in [1.82, 2.24) is 9.55 Å². The summed E-state index contributed by atoms with van der Waals surface area (Å²) >= 11 is 0. The van der Waals surface area contributed by atoms with Crippen molar-refractivity contribution in [2.45, 2.75) is 19.8 Å². The van der Waals surface area contributed by atoms with Crippen LogP contribution in [-0.4, -0.2) is 15.9 Å². The van der Waals surface area contributed by atoms with Gasteiger partial charge >= 0.3 is 0 Å². The molecule has 2 aromatic heterocycles. The van der Waals surface area contributed by atoms with Crippen LogP contribution in [0.4, 0.5) is 5.69 Å². The molecule has 0 atom stereocenters. The molecular formula is C17H17N3. The molecule has 100 valence electrons. The Morgan fingerprint density at radius 3 is 2.80 bits per heavy atom. The number of hydrogen-bond donors (Lipinski definition) is 0. The molecule has 3 nitrogen and oxygen atoms in total. The zero-order chi connectivity index (χ0) is 13.9. The van der Waals surface area contributed by atoms with Gasteiger partial charge in [-0.15, -0.1) is 0 Å². The Balaban J connectivity index is 1.99. The number of pyridine rings is 1. The summed E-state index contributed by atoms with van der Waals surface area (Å²) < 4.78 is 1.95. The van der Waals surface area contributed by atoms with Gasteiger partial charge in [-0.25, -0.2) is 9.98 Å². The Morgan fingerprint density at radius 2 is 1.95 bits per heavy atom. The van der Waals surface area contributed by atoms with Crippen LogP contribution in [0.2, 0.25) is 0 Å².